The number of benzene rings is 1. The van der Waals surface area contributed by atoms with Gasteiger partial charge in [-0.05, 0) is 12.1 Å². The lowest BCUT2D eigenvalue weighted by Gasteiger charge is -2.12. The van der Waals surface area contributed by atoms with E-state index in [9.17, 15) is 9.00 Å². The molecule has 16 heavy (non-hydrogen) atoms. The molecule has 0 saturated heterocycles. The molecule has 2 atom stereocenters. The van der Waals surface area contributed by atoms with E-state index in [4.69, 9.17) is 15.6 Å². The summed E-state index contributed by atoms with van der Waals surface area (Å²) in [6, 6.07) is 6.59. The van der Waals surface area contributed by atoms with Crippen LogP contribution in [0.4, 0.5) is 0 Å². The molecular formula is C10H13NO4S. The minimum absolute atomic E-state index is 0.181. The van der Waals surface area contributed by atoms with Crippen molar-refractivity contribution in [2.75, 3.05) is 13.7 Å². The number of nitrogens with two attached hydrogens (primary N) is 1. The molecule has 0 amide bonds. The van der Waals surface area contributed by atoms with Crippen molar-refractivity contribution < 1.29 is 18.8 Å². The Morgan fingerprint density at radius 2 is 2.19 bits per heavy atom. The number of rotatable bonds is 5. The van der Waals surface area contributed by atoms with Gasteiger partial charge in [0.15, 0.2) is 0 Å². The van der Waals surface area contributed by atoms with Crippen LogP contribution < -0.4 is 10.5 Å². The smallest absolute Gasteiger partial charge is 0.320 e. The summed E-state index contributed by atoms with van der Waals surface area (Å²) >= 11 is 0. The molecule has 1 rings (SSSR count). The Labute approximate surface area is 95.7 Å². The van der Waals surface area contributed by atoms with Gasteiger partial charge in [0.05, 0.1) is 22.8 Å². The van der Waals surface area contributed by atoms with E-state index in [0.29, 0.717) is 10.6 Å². The van der Waals surface area contributed by atoms with E-state index in [1.54, 1.807) is 24.3 Å². The molecule has 0 fully saturated rings. The van der Waals surface area contributed by atoms with Crippen molar-refractivity contribution in [1.82, 2.24) is 0 Å². The second-order valence-electron chi connectivity index (χ2n) is 3.01. The zero-order valence-corrected chi connectivity index (χ0v) is 9.57. The number of carboxylic acid groups (broad SMARTS) is 1. The predicted molar refractivity (Wildman–Crippen MR) is 59.9 cm³/mol. The lowest BCUT2D eigenvalue weighted by atomic mass is 10.3. The highest BCUT2D eigenvalue weighted by Crippen LogP contribution is 2.23. The van der Waals surface area contributed by atoms with Crippen LogP contribution in [-0.4, -0.2) is 34.2 Å². The molecular weight excluding hydrogens is 230 g/mol. The van der Waals surface area contributed by atoms with Gasteiger partial charge in [-0.15, -0.1) is 0 Å². The van der Waals surface area contributed by atoms with Crippen molar-refractivity contribution in [2.45, 2.75) is 10.1 Å². The van der Waals surface area contributed by atoms with Gasteiger partial charge in [0.1, 0.15) is 11.0 Å². The van der Waals surface area contributed by atoms with Crippen LogP contribution in [0.5, 0.6) is 5.75 Å². The van der Waals surface area contributed by atoms with Crippen LogP contribution in [0, 0.1) is 0 Å². The number of carboxylic acids is 1. The molecule has 3 N–H and O–H groups in total. The number of hydrogen-bond acceptors (Lipinski definition) is 4. The van der Waals surface area contributed by atoms with Crippen LogP contribution in [0.15, 0.2) is 29.2 Å². The third-order valence-corrected chi connectivity index (χ3v) is 3.72. The first-order valence-corrected chi connectivity index (χ1v) is 5.79. The number of aliphatic carboxylic acids is 1. The average Bonchev–Trinajstić information content (AvgIpc) is 2.29. The Kier molecular flexibility index (Phi) is 4.45. The fourth-order valence-electron chi connectivity index (χ4n) is 1.22. The van der Waals surface area contributed by atoms with Crippen LogP contribution in [0.25, 0.3) is 0 Å². The quantitative estimate of drug-likeness (QED) is 0.772. The van der Waals surface area contributed by atoms with Crippen molar-refractivity contribution in [3.8, 4) is 5.75 Å². The van der Waals surface area contributed by atoms with Gasteiger partial charge in [0.2, 0.25) is 0 Å². The first-order chi connectivity index (χ1) is 7.61. The van der Waals surface area contributed by atoms with Gasteiger partial charge in [0.25, 0.3) is 0 Å². The van der Waals surface area contributed by atoms with Gasteiger partial charge in [-0.25, -0.2) is 0 Å². The molecule has 0 heterocycles. The molecule has 0 saturated carbocycles. The second kappa shape index (κ2) is 5.62. The van der Waals surface area contributed by atoms with Crippen LogP contribution in [0.3, 0.4) is 0 Å². The van der Waals surface area contributed by atoms with Crippen molar-refractivity contribution in [3.63, 3.8) is 0 Å². The first-order valence-electron chi connectivity index (χ1n) is 4.58. The van der Waals surface area contributed by atoms with Gasteiger partial charge in [-0.1, -0.05) is 12.1 Å². The van der Waals surface area contributed by atoms with Gasteiger partial charge >= 0.3 is 5.97 Å². The summed E-state index contributed by atoms with van der Waals surface area (Å²) in [5.41, 5.74) is 5.29. The summed E-state index contributed by atoms with van der Waals surface area (Å²) in [5, 5.41) is 7.74. The number of ether oxygens (including phenoxy) is 1. The summed E-state index contributed by atoms with van der Waals surface area (Å²) in [5.74, 6) is -0.771. The van der Waals surface area contributed by atoms with E-state index in [1.165, 1.54) is 7.11 Å². The van der Waals surface area contributed by atoms with Crippen LogP contribution in [0.1, 0.15) is 0 Å². The SMILES string of the molecule is COc1ccccc1S(=O)C(CN)C(=O)O. The fraction of sp³-hybridized carbons (Fsp3) is 0.300. The molecule has 6 heteroatoms. The molecule has 0 aliphatic rings. The standard InChI is InChI=1S/C10H13NO4S/c1-15-7-4-2-3-5-8(7)16(14)9(6-11)10(12)13/h2-5,9H,6,11H2,1H3,(H,12,13). The van der Waals surface area contributed by atoms with E-state index in [1.807, 2.05) is 0 Å². The largest absolute Gasteiger partial charge is 0.495 e. The van der Waals surface area contributed by atoms with Crippen molar-refractivity contribution in [3.05, 3.63) is 24.3 Å². The number of carbonyl (C=O) groups is 1. The lowest BCUT2D eigenvalue weighted by Crippen LogP contribution is -2.33. The number of para-hydroxylation sites is 1. The van der Waals surface area contributed by atoms with Gasteiger partial charge in [0, 0.05) is 6.54 Å². The lowest BCUT2D eigenvalue weighted by molar-refractivity contribution is -0.136. The van der Waals surface area contributed by atoms with E-state index >= 15 is 0 Å². The third-order valence-electron chi connectivity index (χ3n) is 2.03. The molecule has 0 radical (unpaired) electrons. The minimum Gasteiger partial charge on any atom is -0.495 e. The molecule has 1 aromatic rings. The Balaban J connectivity index is 3.08. The fourth-order valence-corrected chi connectivity index (χ4v) is 2.44. The highest BCUT2D eigenvalue weighted by Gasteiger charge is 2.26. The van der Waals surface area contributed by atoms with E-state index in [0.717, 1.165) is 0 Å². The zero-order chi connectivity index (χ0) is 12.1. The summed E-state index contributed by atoms with van der Waals surface area (Å²) in [7, 11) is -0.274. The first kappa shape index (κ1) is 12.7. The summed E-state index contributed by atoms with van der Waals surface area (Å²) in [6.45, 7) is -0.181. The van der Waals surface area contributed by atoms with Crippen LogP contribution in [0.2, 0.25) is 0 Å². The summed E-state index contributed by atoms with van der Waals surface area (Å²) in [4.78, 5) is 11.2. The summed E-state index contributed by atoms with van der Waals surface area (Å²) in [6.07, 6.45) is 0. The van der Waals surface area contributed by atoms with Crippen molar-refractivity contribution in [2.24, 2.45) is 5.73 Å². The molecule has 1 aromatic carbocycles. The maximum atomic E-state index is 12.0. The maximum absolute atomic E-state index is 12.0. The van der Waals surface area contributed by atoms with E-state index < -0.39 is 22.0 Å². The molecule has 5 nitrogen and oxygen atoms in total. The molecule has 2 unspecified atom stereocenters. The highest BCUT2D eigenvalue weighted by molar-refractivity contribution is 7.86. The summed E-state index contributed by atoms with van der Waals surface area (Å²) < 4.78 is 17.0. The third kappa shape index (κ3) is 2.59. The van der Waals surface area contributed by atoms with Crippen LogP contribution >= 0.6 is 0 Å². The average molecular weight is 243 g/mol. The Morgan fingerprint density at radius 3 is 2.69 bits per heavy atom. The monoisotopic (exact) mass is 243 g/mol. The minimum atomic E-state index is -1.71. The van der Waals surface area contributed by atoms with E-state index in [2.05, 4.69) is 0 Å². The van der Waals surface area contributed by atoms with Crippen LogP contribution in [-0.2, 0) is 15.6 Å². The molecule has 0 bridgehead atoms. The zero-order valence-electron chi connectivity index (χ0n) is 8.75. The van der Waals surface area contributed by atoms with Gasteiger partial charge in [-0.2, -0.15) is 0 Å². The Hall–Kier alpha value is -1.40. The van der Waals surface area contributed by atoms with Crippen molar-refractivity contribution in [1.29, 1.82) is 0 Å². The molecule has 0 aliphatic carbocycles. The maximum Gasteiger partial charge on any atom is 0.320 e. The van der Waals surface area contributed by atoms with Gasteiger partial charge < -0.3 is 15.6 Å². The molecule has 0 aromatic heterocycles. The molecule has 88 valence electrons. The number of methoxy groups -OCH3 is 1. The molecule has 0 spiro atoms. The second-order valence-corrected chi connectivity index (χ2v) is 4.61. The number of hydrogen-bond donors (Lipinski definition) is 2. The topological polar surface area (TPSA) is 89.6 Å². The van der Waals surface area contributed by atoms with E-state index in [-0.39, 0.29) is 6.54 Å². The predicted octanol–water partition coefficient (Wildman–Crippen LogP) is 0.215. The Bertz CT molecular complexity index is 408. The highest BCUT2D eigenvalue weighted by atomic mass is 32.2. The van der Waals surface area contributed by atoms with Gasteiger partial charge in [-0.3, -0.25) is 9.00 Å². The Morgan fingerprint density at radius 1 is 1.56 bits per heavy atom. The van der Waals surface area contributed by atoms with Crippen molar-refractivity contribution >= 4 is 16.8 Å². The molecule has 0 aliphatic heterocycles. The normalized spacial score (nSPS) is 14.1.